The van der Waals surface area contributed by atoms with Gasteiger partial charge in [-0.25, -0.2) is 17.2 Å². The van der Waals surface area contributed by atoms with E-state index in [0.717, 1.165) is 12.1 Å². The zero-order valence-electron chi connectivity index (χ0n) is 14.7. The summed E-state index contributed by atoms with van der Waals surface area (Å²) in [6, 6.07) is 6.32. The Morgan fingerprint density at radius 1 is 1.12 bits per heavy atom. The van der Waals surface area contributed by atoms with E-state index in [-0.39, 0.29) is 15.5 Å². The summed E-state index contributed by atoms with van der Waals surface area (Å²) in [6.45, 7) is 7.52. The van der Waals surface area contributed by atoms with Crippen LogP contribution < -0.4 is 4.72 Å². The maximum absolute atomic E-state index is 14.3. The van der Waals surface area contributed by atoms with Crippen LogP contribution in [-0.2, 0) is 10.0 Å². The predicted molar refractivity (Wildman–Crippen MR) is 104 cm³/mol. The van der Waals surface area contributed by atoms with E-state index < -0.39 is 35.4 Å². The first kappa shape index (κ1) is 20.4. The minimum atomic E-state index is -4.20. The van der Waals surface area contributed by atoms with E-state index in [1.807, 2.05) is 24.4 Å². The van der Waals surface area contributed by atoms with Gasteiger partial charge in [0.2, 0.25) is 0 Å². The van der Waals surface area contributed by atoms with Crippen molar-refractivity contribution in [1.82, 2.24) is 0 Å². The Morgan fingerprint density at radius 2 is 1.69 bits per heavy atom. The summed E-state index contributed by atoms with van der Waals surface area (Å²) in [5, 5.41) is 0.241. The molecule has 0 spiro atoms. The molecule has 2 rings (SSSR count). The molecule has 3 nitrogen and oxygen atoms in total. The number of nitrogens with one attached hydrogen (secondary N) is 1. The zero-order chi connectivity index (χ0) is 19.7. The standard InChI is InChI=1S/C18H18ClF2NO2SSi/c1-12-14(19)6-5-7-17(12)25(23,24)22-18-15(20)10-13(11-16(18)21)8-9-26(2,3)4/h5-7,10-11,22H,1-4H3. The highest BCUT2D eigenvalue weighted by atomic mass is 35.5. The van der Waals surface area contributed by atoms with Crippen LogP contribution in [0.5, 0.6) is 0 Å². The lowest BCUT2D eigenvalue weighted by atomic mass is 10.2. The highest BCUT2D eigenvalue weighted by Crippen LogP contribution is 2.27. The summed E-state index contributed by atoms with van der Waals surface area (Å²) in [4.78, 5) is -0.147. The molecule has 8 heteroatoms. The highest BCUT2D eigenvalue weighted by Gasteiger charge is 2.22. The van der Waals surface area contributed by atoms with E-state index >= 15 is 0 Å². The molecule has 0 saturated heterocycles. The van der Waals surface area contributed by atoms with Crippen molar-refractivity contribution in [2.24, 2.45) is 0 Å². The lowest BCUT2D eigenvalue weighted by Crippen LogP contribution is -2.17. The number of hydrogen-bond acceptors (Lipinski definition) is 2. The minimum Gasteiger partial charge on any atom is -0.274 e. The van der Waals surface area contributed by atoms with E-state index in [0.29, 0.717) is 5.56 Å². The third kappa shape index (κ3) is 4.85. The number of anilines is 1. The Hall–Kier alpha value is -1.88. The molecule has 0 heterocycles. The number of sulfonamides is 1. The van der Waals surface area contributed by atoms with Crippen molar-refractivity contribution in [3.8, 4) is 11.5 Å². The average molecular weight is 414 g/mol. The van der Waals surface area contributed by atoms with Crippen LogP contribution in [0.15, 0.2) is 35.2 Å². The molecule has 0 saturated carbocycles. The van der Waals surface area contributed by atoms with E-state index in [2.05, 4.69) is 11.5 Å². The summed E-state index contributed by atoms with van der Waals surface area (Å²) in [5.74, 6) is 0.673. The lowest BCUT2D eigenvalue weighted by Gasteiger charge is -2.13. The van der Waals surface area contributed by atoms with Gasteiger partial charge in [0.05, 0.1) is 4.90 Å². The maximum Gasteiger partial charge on any atom is 0.262 e. The second-order valence-electron chi connectivity index (χ2n) is 6.78. The van der Waals surface area contributed by atoms with Crippen LogP contribution in [-0.4, -0.2) is 16.5 Å². The Labute approximate surface area is 158 Å². The fraction of sp³-hybridized carbons (Fsp3) is 0.222. The minimum absolute atomic E-state index is 0.147. The van der Waals surface area contributed by atoms with Gasteiger partial charge in [-0.15, -0.1) is 5.54 Å². The summed E-state index contributed by atoms with van der Waals surface area (Å²) in [6.07, 6.45) is 0. The third-order valence-corrected chi connectivity index (χ3v) is 6.15. The Bertz CT molecular complexity index is 999. The molecule has 0 atom stereocenters. The van der Waals surface area contributed by atoms with Crippen molar-refractivity contribution < 1.29 is 17.2 Å². The summed E-state index contributed by atoms with van der Waals surface area (Å²) < 4.78 is 55.6. The van der Waals surface area contributed by atoms with Crippen LogP contribution in [0, 0.1) is 30.0 Å². The highest BCUT2D eigenvalue weighted by molar-refractivity contribution is 7.92. The van der Waals surface area contributed by atoms with Crippen LogP contribution >= 0.6 is 11.6 Å². The molecule has 26 heavy (non-hydrogen) atoms. The normalized spacial score (nSPS) is 11.7. The van der Waals surface area contributed by atoms with Crippen molar-refractivity contribution in [3.05, 3.63) is 58.1 Å². The Morgan fingerprint density at radius 3 is 2.23 bits per heavy atom. The summed E-state index contributed by atoms with van der Waals surface area (Å²) >= 11 is 5.93. The monoisotopic (exact) mass is 413 g/mol. The van der Waals surface area contributed by atoms with Gasteiger partial charge in [-0.3, -0.25) is 4.72 Å². The molecule has 0 radical (unpaired) electrons. The van der Waals surface area contributed by atoms with Crippen molar-refractivity contribution in [2.45, 2.75) is 31.5 Å². The van der Waals surface area contributed by atoms with E-state index in [4.69, 9.17) is 11.6 Å². The first-order valence-electron chi connectivity index (χ1n) is 7.71. The molecule has 0 aliphatic rings. The summed E-state index contributed by atoms with van der Waals surface area (Å²) in [5.41, 5.74) is 2.70. The SMILES string of the molecule is Cc1c(Cl)cccc1S(=O)(=O)Nc1c(F)cc(C#C[Si](C)(C)C)cc1F. The van der Waals surface area contributed by atoms with Gasteiger partial charge < -0.3 is 0 Å². The molecule has 0 aromatic heterocycles. The maximum atomic E-state index is 14.3. The molecule has 1 N–H and O–H groups in total. The van der Waals surface area contributed by atoms with E-state index in [9.17, 15) is 17.2 Å². The van der Waals surface area contributed by atoms with Crippen molar-refractivity contribution >= 4 is 35.4 Å². The molecule has 0 bridgehead atoms. The quantitative estimate of drug-likeness (QED) is 0.571. The van der Waals surface area contributed by atoms with Gasteiger partial charge in [0.25, 0.3) is 10.0 Å². The van der Waals surface area contributed by atoms with Crippen LogP contribution in [0.25, 0.3) is 0 Å². The molecule has 0 amide bonds. The second kappa shape index (κ2) is 7.39. The summed E-state index contributed by atoms with van der Waals surface area (Å²) in [7, 11) is -5.92. The van der Waals surface area contributed by atoms with E-state index in [1.165, 1.54) is 25.1 Å². The molecular weight excluding hydrogens is 396 g/mol. The van der Waals surface area contributed by atoms with Gasteiger partial charge in [-0.05, 0) is 36.8 Å². The molecule has 138 valence electrons. The first-order chi connectivity index (χ1) is 11.9. The number of hydrogen-bond donors (Lipinski definition) is 1. The van der Waals surface area contributed by atoms with Crippen LogP contribution in [0.1, 0.15) is 11.1 Å². The largest absolute Gasteiger partial charge is 0.274 e. The van der Waals surface area contributed by atoms with Gasteiger partial charge in [0, 0.05) is 10.6 Å². The fourth-order valence-corrected chi connectivity index (χ4v) is 4.16. The molecule has 0 fully saturated rings. The molecule has 2 aromatic rings. The van der Waals surface area contributed by atoms with E-state index in [1.54, 1.807) is 0 Å². The molecule has 0 aliphatic heterocycles. The average Bonchev–Trinajstić information content (AvgIpc) is 2.51. The van der Waals surface area contributed by atoms with Gasteiger partial charge >= 0.3 is 0 Å². The fourth-order valence-electron chi connectivity index (χ4n) is 2.07. The van der Waals surface area contributed by atoms with Crippen LogP contribution in [0.4, 0.5) is 14.5 Å². The number of halogens is 3. The zero-order valence-corrected chi connectivity index (χ0v) is 17.3. The smallest absolute Gasteiger partial charge is 0.262 e. The molecule has 0 aliphatic carbocycles. The van der Waals surface area contributed by atoms with Gasteiger partial charge in [-0.2, -0.15) is 0 Å². The second-order valence-corrected chi connectivity index (χ2v) is 13.6. The molecule has 2 aromatic carbocycles. The topological polar surface area (TPSA) is 46.2 Å². The van der Waals surface area contributed by atoms with Gasteiger partial charge in [0.15, 0.2) is 11.6 Å². The number of rotatable bonds is 3. The Balaban J connectivity index is 2.44. The van der Waals surface area contributed by atoms with Gasteiger partial charge in [-0.1, -0.05) is 43.2 Å². The van der Waals surface area contributed by atoms with Crippen LogP contribution in [0.3, 0.4) is 0 Å². The lowest BCUT2D eigenvalue weighted by molar-refractivity contribution is 0.582. The predicted octanol–water partition coefficient (Wildman–Crippen LogP) is 4.96. The molecule has 0 unspecified atom stereocenters. The van der Waals surface area contributed by atoms with Crippen molar-refractivity contribution in [1.29, 1.82) is 0 Å². The molecular formula is C18H18ClF2NO2SSi. The third-order valence-electron chi connectivity index (χ3n) is 3.37. The first-order valence-corrected chi connectivity index (χ1v) is 13.1. The number of benzene rings is 2. The van der Waals surface area contributed by atoms with Crippen molar-refractivity contribution in [2.75, 3.05) is 4.72 Å². The van der Waals surface area contributed by atoms with Crippen LogP contribution in [0.2, 0.25) is 24.7 Å². The Kier molecular flexibility index (Phi) is 5.81. The van der Waals surface area contributed by atoms with Crippen molar-refractivity contribution in [3.63, 3.8) is 0 Å². The van der Waals surface area contributed by atoms with Gasteiger partial charge in [0.1, 0.15) is 13.8 Å².